The third kappa shape index (κ3) is 10.3. The number of likely N-dealkylation sites (tertiary alicyclic amines) is 1. The second kappa shape index (κ2) is 19.1. The summed E-state index contributed by atoms with van der Waals surface area (Å²) in [6.45, 7) is 12.9. The molecule has 2 unspecified atom stereocenters. The molecule has 2 aromatic carbocycles. The van der Waals surface area contributed by atoms with Crippen LogP contribution < -0.4 is 26.2 Å². The van der Waals surface area contributed by atoms with Crippen LogP contribution in [-0.4, -0.2) is 81.8 Å². The molecule has 0 saturated carbocycles. The summed E-state index contributed by atoms with van der Waals surface area (Å²) in [6.07, 6.45) is 10.8. The van der Waals surface area contributed by atoms with E-state index in [1.54, 1.807) is 4.90 Å². The van der Waals surface area contributed by atoms with Crippen molar-refractivity contribution in [2.45, 2.75) is 84.3 Å². The van der Waals surface area contributed by atoms with Crippen LogP contribution in [0.15, 0.2) is 36.4 Å². The van der Waals surface area contributed by atoms with Crippen molar-refractivity contribution in [3.8, 4) is 0 Å². The van der Waals surface area contributed by atoms with Crippen LogP contribution in [0.5, 0.6) is 0 Å². The summed E-state index contributed by atoms with van der Waals surface area (Å²) in [5.41, 5.74) is 6.78. The van der Waals surface area contributed by atoms with Gasteiger partial charge in [-0.2, -0.15) is 0 Å². The predicted molar refractivity (Wildman–Crippen MR) is 183 cm³/mol. The van der Waals surface area contributed by atoms with Crippen molar-refractivity contribution < 1.29 is 9.59 Å². The standard InChI is InChI=1S/C23H29N5O.C5H9NO.C5H11N.C2H6/c1-15-3-6-22-17(9-15)7-8-28(22)19-11-21(26-14-19)23(29)27-13-16-4-5-20(25-2)18(10-16)12-24;7-5-6-3-1-2-4-6;1-2-4-6-5-3-1;1-2/h3-6,9-10,12,19,21,24-26H,7-8,11,13-14H2,1-2H3,(H,27,29);5H,1-4H2;6H,1-5H2;1-2H3. The third-order valence-electron chi connectivity index (χ3n) is 8.54. The van der Waals surface area contributed by atoms with Crippen molar-refractivity contribution >= 4 is 29.9 Å². The van der Waals surface area contributed by atoms with Gasteiger partial charge in [-0.1, -0.05) is 44.0 Å². The average Bonchev–Trinajstić information content (AvgIpc) is 3.87. The minimum Gasteiger partial charge on any atom is -0.388 e. The lowest BCUT2D eigenvalue weighted by atomic mass is 10.1. The number of hydrogen-bond acceptors (Lipinski definition) is 7. The lowest BCUT2D eigenvalue weighted by Crippen LogP contribution is -2.40. The van der Waals surface area contributed by atoms with Gasteiger partial charge in [-0.3, -0.25) is 9.59 Å². The van der Waals surface area contributed by atoms with Crippen LogP contribution >= 0.6 is 0 Å². The number of anilines is 2. The van der Waals surface area contributed by atoms with E-state index in [0.29, 0.717) is 12.6 Å². The van der Waals surface area contributed by atoms with E-state index >= 15 is 0 Å². The molecule has 9 heteroatoms. The number of nitrogens with one attached hydrogen (secondary N) is 5. The largest absolute Gasteiger partial charge is 0.388 e. The molecule has 2 aromatic rings. The summed E-state index contributed by atoms with van der Waals surface area (Å²) in [7, 11) is 1.84. The van der Waals surface area contributed by atoms with Crippen LogP contribution in [0.1, 0.15) is 74.6 Å². The zero-order valence-electron chi connectivity index (χ0n) is 27.4. The SMILES string of the molecule is C1CCNCC1.CC.CNc1ccc(CNC(=O)C2CC(N3CCc4cc(C)ccc43)CN2)cc1C=N.O=CN1CCCC1. The molecule has 4 aliphatic heterocycles. The van der Waals surface area contributed by atoms with Crippen LogP contribution in [0.4, 0.5) is 11.4 Å². The van der Waals surface area contributed by atoms with Crippen molar-refractivity contribution in [3.63, 3.8) is 0 Å². The first kappa shape index (κ1) is 35.1. The Morgan fingerprint density at radius 1 is 1.02 bits per heavy atom. The molecule has 0 bridgehead atoms. The first-order valence-corrected chi connectivity index (χ1v) is 16.6. The van der Waals surface area contributed by atoms with Gasteiger partial charge in [0.1, 0.15) is 0 Å². The number of aryl methyl sites for hydroxylation is 1. The molecule has 5 N–H and O–H groups in total. The van der Waals surface area contributed by atoms with E-state index in [-0.39, 0.29) is 11.9 Å². The molecule has 2 atom stereocenters. The third-order valence-corrected chi connectivity index (χ3v) is 8.54. The summed E-state index contributed by atoms with van der Waals surface area (Å²) in [4.78, 5) is 26.9. The van der Waals surface area contributed by atoms with Crippen LogP contribution in [0.2, 0.25) is 0 Å². The molecule has 0 spiro atoms. The van der Waals surface area contributed by atoms with Gasteiger partial charge < -0.3 is 36.5 Å². The van der Waals surface area contributed by atoms with E-state index in [2.05, 4.69) is 51.3 Å². The number of carbonyl (C=O) groups excluding carboxylic acids is 2. The molecule has 0 aromatic heterocycles. The van der Waals surface area contributed by atoms with Gasteiger partial charge in [0.25, 0.3) is 0 Å². The monoisotopic (exact) mass is 605 g/mol. The number of hydrogen-bond donors (Lipinski definition) is 5. The highest BCUT2D eigenvalue weighted by Gasteiger charge is 2.35. The Morgan fingerprint density at radius 3 is 2.36 bits per heavy atom. The van der Waals surface area contributed by atoms with Crippen molar-refractivity contribution in [2.75, 3.05) is 56.5 Å². The highest BCUT2D eigenvalue weighted by atomic mass is 16.2. The average molecular weight is 606 g/mol. The van der Waals surface area contributed by atoms with E-state index in [1.165, 1.54) is 68.2 Å². The van der Waals surface area contributed by atoms with E-state index in [1.807, 2.05) is 39.1 Å². The number of carbonyl (C=O) groups is 2. The number of benzene rings is 2. The van der Waals surface area contributed by atoms with Gasteiger partial charge in [-0.05, 0) is 87.9 Å². The smallest absolute Gasteiger partial charge is 0.237 e. The topological polar surface area (TPSA) is 113 Å². The van der Waals surface area contributed by atoms with Crippen LogP contribution in [-0.2, 0) is 22.6 Å². The fourth-order valence-corrected chi connectivity index (χ4v) is 6.12. The van der Waals surface area contributed by atoms with Crippen molar-refractivity contribution in [3.05, 3.63) is 58.7 Å². The van der Waals surface area contributed by atoms with Gasteiger partial charge >= 0.3 is 0 Å². The Morgan fingerprint density at radius 2 is 1.77 bits per heavy atom. The molecule has 3 fully saturated rings. The molecular weight excluding hydrogens is 550 g/mol. The lowest BCUT2D eigenvalue weighted by molar-refractivity contribution is -0.123. The number of fused-ring (bicyclic) bond motifs is 1. The van der Waals surface area contributed by atoms with Crippen LogP contribution in [0, 0.1) is 12.3 Å². The van der Waals surface area contributed by atoms with Gasteiger partial charge in [0.15, 0.2) is 0 Å². The molecule has 3 saturated heterocycles. The molecule has 9 nitrogen and oxygen atoms in total. The van der Waals surface area contributed by atoms with Gasteiger partial charge in [0, 0.05) is 69.0 Å². The van der Waals surface area contributed by atoms with E-state index in [9.17, 15) is 9.59 Å². The molecule has 242 valence electrons. The van der Waals surface area contributed by atoms with Crippen LogP contribution in [0.3, 0.4) is 0 Å². The molecule has 4 aliphatic rings. The number of nitrogens with zero attached hydrogens (tertiary/aromatic N) is 2. The van der Waals surface area contributed by atoms with E-state index in [4.69, 9.17) is 5.41 Å². The minimum absolute atomic E-state index is 0.0462. The van der Waals surface area contributed by atoms with Gasteiger partial charge in [0.05, 0.1) is 6.04 Å². The highest BCUT2D eigenvalue weighted by molar-refractivity contribution is 5.86. The maximum Gasteiger partial charge on any atom is 0.237 e. The Labute approximate surface area is 265 Å². The van der Waals surface area contributed by atoms with Crippen molar-refractivity contribution in [1.82, 2.24) is 20.9 Å². The molecule has 0 aliphatic carbocycles. The van der Waals surface area contributed by atoms with Gasteiger partial charge in [0.2, 0.25) is 12.3 Å². The molecule has 4 heterocycles. The number of amides is 2. The zero-order valence-corrected chi connectivity index (χ0v) is 27.4. The summed E-state index contributed by atoms with van der Waals surface area (Å²) in [5, 5.41) is 20.3. The van der Waals surface area contributed by atoms with Crippen LogP contribution in [0.25, 0.3) is 0 Å². The summed E-state index contributed by atoms with van der Waals surface area (Å²) >= 11 is 0. The van der Waals surface area contributed by atoms with Gasteiger partial charge in [-0.15, -0.1) is 0 Å². The molecule has 44 heavy (non-hydrogen) atoms. The number of rotatable bonds is 7. The maximum atomic E-state index is 12.7. The second-order valence-corrected chi connectivity index (χ2v) is 11.6. The Balaban J connectivity index is 0.000000288. The normalized spacial score (nSPS) is 20.1. The van der Waals surface area contributed by atoms with Gasteiger partial charge in [-0.25, -0.2) is 0 Å². The quantitative estimate of drug-likeness (QED) is 0.235. The summed E-state index contributed by atoms with van der Waals surface area (Å²) < 4.78 is 0. The Hall–Kier alpha value is -3.43. The fraction of sp³-hybridized carbons (Fsp3) is 0.571. The molecule has 6 rings (SSSR count). The molecule has 2 amide bonds. The summed E-state index contributed by atoms with van der Waals surface area (Å²) in [5.74, 6) is 0.0462. The first-order chi connectivity index (χ1) is 21.5. The maximum absolute atomic E-state index is 12.7. The summed E-state index contributed by atoms with van der Waals surface area (Å²) in [6, 6.07) is 12.7. The highest BCUT2D eigenvalue weighted by Crippen LogP contribution is 2.32. The fourth-order valence-electron chi connectivity index (χ4n) is 6.12. The van der Waals surface area contributed by atoms with E-state index < -0.39 is 0 Å². The Bertz CT molecular complexity index is 1170. The van der Waals surface area contributed by atoms with E-state index in [0.717, 1.165) is 62.2 Å². The van der Waals surface area contributed by atoms with Crippen molar-refractivity contribution in [1.29, 1.82) is 5.41 Å². The Kier molecular flexibility index (Phi) is 15.2. The van der Waals surface area contributed by atoms with Crippen molar-refractivity contribution in [2.24, 2.45) is 0 Å². The molecule has 0 radical (unpaired) electrons. The molecular formula is C35H55N7O2. The zero-order chi connectivity index (χ0) is 31.7. The second-order valence-electron chi connectivity index (χ2n) is 11.6. The number of piperidine rings is 1. The predicted octanol–water partition coefficient (Wildman–Crippen LogP) is 4.47. The lowest BCUT2D eigenvalue weighted by Gasteiger charge is -2.26. The minimum atomic E-state index is -0.159. The first-order valence-electron chi connectivity index (χ1n) is 16.6.